The maximum Gasteiger partial charge on any atom is 0.508 e. The van der Waals surface area contributed by atoms with E-state index >= 15 is 0 Å². The van der Waals surface area contributed by atoms with Gasteiger partial charge >= 0.3 is 6.16 Å². The van der Waals surface area contributed by atoms with Crippen molar-refractivity contribution >= 4 is 6.16 Å². The van der Waals surface area contributed by atoms with E-state index in [1.54, 1.807) is 6.08 Å². The second-order valence-corrected chi connectivity index (χ2v) is 3.04. The van der Waals surface area contributed by atoms with Gasteiger partial charge in [0.1, 0.15) is 6.10 Å². The molecule has 0 unspecified atom stereocenters. The highest BCUT2D eigenvalue weighted by Crippen LogP contribution is 2.07. The molecule has 0 fully saturated rings. The lowest BCUT2D eigenvalue weighted by molar-refractivity contribution is 0.0528. The highest BCUT2D eigenvalue weighted by Gasteiger charge is 2.11. The molecule has 0 saturated carbocycles. The molecule has 0 aliphatic carbocycles. The van der Waals surface area contributed by atoms with Gasteiger partial charge in [0, 0.05) is 6.42 Å². The Hall–Kier alpha value is -1.77. The Bertz CT molecular complexity index is 319. The summed E-state index contributed by atoms with van der Waals surface area (Å²) in [7, 11) is 1.28. The van der Waals surface area contributed by atoms with Crippen LogP contribution in [0.2, 0.25) is 0 Å². The molecule has 1 atom stereocenters. The number of benzene rings is 1. The quantitative estimate of drug-likeness (QED) is 0.561. The van der Waals surface area contributed by atoms with Crippen molar-refractivity contribution in [1.82, 2.24) is 0 Å². The minimum Gasteiger partial charge on any atom is -0.438 e. The van der Waals surface area contributed by atoms with Crippen LogP contribution in [0.1, 0.15) is 5.56 Å². The first-order chi connectivity index (χ1) is 7.26. The number of methoxy groups -OCH3 is 1. The van der Waals surface area contributed by atoms with Crippen molar-refractivity contribution in [3.63, 3.8) is 0 Å². The molecule has 3 nitrogen and oxygen atoms in total. The van der Waals surface area contributed by atoms with E-state index in [1.165, 1.54) is 7.11 Å². The van der Waals surface area contributed by atoms with Crippen LogP contribution in [0, 0.1) is 0 Å². The van der Waals surface area contributed by atoms with Gasteiger partial charge in [-0.1, -0.05) is 43.0 Å². The van der Waals surface area contributed by atoms with Crippen molar-refractivity contribution in [1.29, 1.82) is 0 Å². The predicted molar refractivity (Wildman–Crippen MR) is 57.6 cm³/mol. The molecule has 0 N–H and O–H groups in total. The average Bonchev–Trinajstić information content (AvgIpc) is 2.29. The highest BCUT2D eigenvalue weighted by molar-refractivity contribution is 5.60. The molecule has 0 amide bonds. The van der Waals surface area contributed by atoms with E-state index in [0.717, 1.165) is 5.56 Å². The number of carbonyl (C=O) groups excluding carboxylic acids is 1. The van der Waals surface area contributed by atoms with E-state index in [1.807, 2.05) is 30.3 Å². The summed E-state index contributed by atoms with van der Waals surface area (Å²) in [5.41, 5.74) is 1.09. The van der Waals surface area contributed by atoms with E-state index in [9.17, 15) is 4.79 Å². The van der Waals surface area contributed by atoms with Crippen LogP contribution in [0.15, 0.2) is 43.0 Å². The number of carbonyl (C=O) groups is 1. The molecule has 80 valence electrons. The summed E-state index contributed by atoms with van der Waals surface area (Å²) in [5, 5.41) is 0. The fourth-order valence-electron chi connectivity index (χ4n) is 1.19. The fraction of sp³-hybridized carbons (Fsp3) is 0.250. The monoisotopic (exact) mass is 206 g/mol. The molecule has 0 bridgehead atoms. The Balaban J connectivity index is 2.54. The van der Waals surface area contributed by atoms with Crippen molar-refractivity contribution < 1.29 is 14.3 Å². The van der Waals surface area contributed by atoms with Crippen LogP contribution < -0.4 is 0 Å². The highest BCUT2D eigenvalue weighted by atomic mass is 16.7. The third kappa shape index (κ3) is 3.85. The minimum absolute atomic E-state index is 0.347. The maximum atomic E-state index is 10.9. The first-order valence-electron chi connectivity index (χ1n) is 4.67. The molecule has 0 saturated heterocycles. The third-order valence-corrected chi connectivity index (χ3v) is 1.96. The second-order valence-electron chi connectivity index (χ2n) is 3.04. The Morgan fingerprint density at radius 2 is 2.13 bits per heavy atom. The van der Waals surface area contributed by atoms with Gasteiger partial charge in [0.2, 0.25) is 0 Å². The lowest BCUT2D eigenvalue weighted by atomic mass is 10.1. The Morgan fingerprint density at radius 1 is 1.47 bits per heavy atom. The molecule has 0 spiro atoms. The lowest BCUT2D eigenvalue weighted by Gasteiger charge is -2.12. The molecule has 1 aromatic rings. The summed E-state index contributed by atoms with van der Waals surface area (Å²) in [6.45, 7) is 3.61. The predicted octanol–water partition coefficient (Wildman–Crippen LogP) is 2.57. The summed E-state index contributed by atoms with van der Waals surface area (Å²) >= 11 is 0. The first-order valence-corrected chi connectivity index (χ1v) is 4.67. The molecular weight excluding hydrogens is 192 g/mol. The zero-order valence-electron chi connectivity index (χ0n) is 8.68. The molecule has 1 rings (SSSR count). The summed E-state index contributed by atoms with van der Waals surface area (Å²) in [5.74, 6) is 0. The zero-order chi connectivity index (χ0) is 11.1. The molecule has 15 heavy (non-hydrogen) atoms. The number of hydrogen-bond donors (Lipinski definition) is 0. The molecule has 3 heteroatoms. The lowest BCUT2D eigenvalue weighted by Crippen LogP contribution is -2.18. The van der Waals surface area contributed by atoms with E-state index in [2.05, 4.69) is 11.3 Å². The van der Waals surface area contributed by atoms with Crippen LogP contribution >= 0.6 is 0 Å². The van der Waals surface area contributed by atoms with E-state index in [-0.39, 0.29) is 6.10 Å². The third-order valence-electron chi connectivity index (χ3n) is 1.96. The second kappa shape index (κ2) is 5.86. The first kappa shape index (κ1) is 11.3. The Morgan fingerprint density at radius 3 is 2.67 bits per heavy atom. The molecule has 0 aliphatic rings. The van der Waals surface area contributed by atoms with Crippen molar-refractivity contribution in [2.24, 2.45) is 0 Å². The molecule has 0 aromatic heterocycles. The van der Waals surface area contributed by atoms with Gasteiger partial charge in [0.05, 0.1) is 7.11 Å². The van der Waals surface area contributed by atoms with Gasteiger partial charge < -0.3 is 9.47 Å². The van der Waals surface area contributed by atoms with Crippen LogP contribution in [0.3, 0.4) is 0 Å². The van der Waals surface area contributed by atoms with E-state index in [0.29, 0.717) is 6.42 Å². The molecule has 0 aliphatic heterocycles. The van der Waals surface area contributed by atoms with Crippen LogP contribution in [-0.2, 0) is 15.9 Å². The van der Waals surface area contributed by atoms with Gasteiger partial charge in [-0.2, -0.15) is 0 Å². The van der Waals surface area contributed by atoms with Gasteiger partial charge in [0.25, 0.3) is 0 Å². The zero-order valence-corrected chi connectivity index (χ0v) is 8.68. The number of rotatable bonds is 4. The van der Waals surface area contributed by atoms with Crippen molar-refractivity contribution in [3.05, 3.63) is 48.6 Å². The largest absolute Gasteiger partial charge is 0.508 e. The van der Waals surface area contributed by atoms with E-state index in [4.69, 9.17) is 4.74 Å². The normalized spacial score (nSPS) is 11.5. The molecular formula is C12H14O3. The molecule has 0 radical (unpaired) electrons. The standard InChI is InChI=1S/C12H14O3/c1-3-11(15-12(13)14-2)9-10-7-5-4-6-8-10/h3-8,11H,1,9H2,2H3/t11-/m1/s1. The van der Waals surface area contributed by atoms with Crippen LogP contribution in [0.4, 0.5) is 4.79 Å². The van der Waals surface area contributed by atoms with E-state index < -0.39 is 6.16 Å². The summed E-state index contributed by atoms with van der Waals surface area (Å²) in [6.07, 6.45) is 1.17. The maximum absolute atomic E-state index is 10.9. The average molecular weight is 206 g/mol. The topological polar surface area (TPSA) is 35.5 Å². The SMILES string of the molecule is C=C[C@H](Cc1ccccc1)OC(=O)OC. The molecule has 0 heterocycles. The van der Waals surface area contributed by atoms with Crippen molar-refractivity contribution in [2.75, 3.05) is 7.11 Å². The van der Waals surface area contributed by atoms with Gasteiger partial charge in [-0.05, 0) is 5.56 Å². The number of hydrogen-bond acceptors (Lipinski definition) is 3. The fourth-order valence-corrected chi connectivity index (χ4v) is 1.19. The Labute approximate surface area is 89.3 Å². The minimum atomic E-state index is -0.684. The van der Waals surface area contributed by atoms with Crippen LogP contribution in [0.5, 0.6) is 0 Å². The van der Waals surface area contributed by atoms with Crippen molar-refractivity contribution in [3.8, 4) is 0 Å². The van der Waals surface area contributed by atoms with Crippen LogP contribution in [0.25, 0.3) is 0 Å². The number of ether oxygens (including phenoxy) is 2. The summed E-state index contributed by atoms with van der Waals surface area (Å²) < 4.78 is 9.38. The van der Waals surface area contributed by atoms with Gasteiger partial charge in [-0.3, -0.25) is 0 Å². The van der Waals surface area contributed by atoms with Gasteiger partial charge in [-0.25, -0.2) is 4.79 Å². The smallest absolute Gasteiger partial charge is 0.438 e. The van der Waals surface area contributed by atoms with Crippen LogP contribution in [-0.4, -0.2) is 19.4 Å². The Kier molecular flexibility index (Phi) is 4.41. The summed E-state index contributed by atoms with van der Waals surface area (Å²) in [6, 6.07) is 9.75. The summed E-state index contributed by atoms with van der Waals surface area (Å²) in [4.78, 5) is 10.9. The van der Waals surface area contributed by atoms with Gasteiger partial charge in [0.15, 0.2) is 0 Å². The van der Waals surface area contributed by atoms with Crippen molar-refractivity contribution in [2.45, 2.75) is 12.5 Å². The van der Waals surface area contributed by atoms with Gasteiger partial charge in [-0.15, -0.1) is 0 Å². The molecule has 1 aromatic carbocycles.